The van der Waals surface area contributed by atoms with Gasteiger partial charge in [0.05, 0.1) is 7.11 Å². The molecule has 0 amide bonds. The Morgan fingerprint density at radius 1 is 1.25 bits per heavy atom. The van der Waals surface area contributed by atoms with Crippen LogP contribution in [0.25, 0.3) is 0 Å². The van der Waals surface area contributed by atoms with Crippen molar-refractivity contribution in [3.05, 3.63) is 18.2 Å². The third kappa shape index (κ3) is 1.94. The Kier molecular flexibility index (Phi) is 2.63. The molecule has 0 bridgehead atoms. The summed E-state index contributed by atoms with van der Waals surface area (Å²) in [4.78, 5) is 2.06. The number of hydrogen-bond acceptors (Lipinski definition) is 2. The molecular weight excluding hydrogens is 149 g/mol. The largest absolute Gasteiger partial charge is 0.497 e. The van der Waals surface area contributed by atoms with Crippen LogP contribution in [-0.2, 0) is 0 Å². The average Bonchev–Trinajstić information content (AvgIpc) is 2.03. The molecule has 2 nitrogen and oxygen atoms in total. The molecule has 0 aliphatic heterocycles. The molecule has 0 aliphatic carbocycles. The zero-order chi connectivity index (χ0) is 9.14. The monoisotopic (exact) mass is 163 g/mol. The van der Waals surface area contributed by atoms with E-state index in [4.69, 9.17) is 4.74 Å². The number of ether oxygens (including phenoxy) is 1. The van der Waals surface area contributed by atoms with E-state index in [1.54, 1.807) is 7.11 Å². The van der Waals surface area contributed by atoms with Gasteiger partial charge < -0.3 is 9.64 Å². The van der Waals surface area contributed by atoms with Crippen molar-refractivity contribution >= 4 is 19.0 Å². The van der Waals surface area contributed by atoms with E-state index in [2.05, 4.69) is 18.8 Å². The summed E-state index contributed by atoms with van der Waals surface area (Å²) >= 11 is 0. The van der Waals surface area contributed by atoms with Crippen LogP contribution < -0.4 is 15.1 Å². The highest BCUT2D eigenvalue weighted by atomic mass is 16.5. The van der Waals surface area contributed by atoms with Gasteiger partial charge in [-0.05, 0) is 12.1 Å². The summed E-state index contributed by atoms with van der Waals surface area (Å²) in [6, 6.07) is 6.17. The minimum atomic E-state index is 0.915. The standard InChI is InChI=1S/C9H14BNO/c1-11(2)8-4-7(10)5-9(6-8)12-3/h4-6H,10H2,1-3H3. The fraction of sp³-hybridized carbons (Fsp3) is 0.333. The van der Waals surface area contributed by atoms with Crippen LogP contribution in [0.4, 0.5) is 5.69 Å². The minimum absolute atomic E-state index is 0.915. The molecule has 0 heterocycles. The van der Waals surface area contributed by atoms with E-state index >= 15 is 0 Å². The summed E-state index contributed by atoms with van der Waals surface area (Å²) in [6.45, 7) is 0. The van der Waals surface area contributed by atoms with Gasteiger partial charge in [0.15, 0.2) is 0 Å². The molecule has 12 heavy (non-hydrogen) atoms. The first-order chi connectivity index (χ1) is 5.63. The second-order valence-corrected chi connectivity index (χ2v) is 3.10. The molecule has 0 aliphatic rings. The minimum Gasteiger partial charge on any atom is -0.497 e. The first kappa shape index (κ1) is 8.98. The van der Waals surface area contributed by atoms with Gasteiger partial charge in [0, 0.05) is 25.8 Å². The fourth-order valence-corrected chi connectivity index (χ4v) is 1.10. The number of anilines is 1. The Morgan fingerprint density at radius 3 is 2.42 bits per heavy atom. The quantitative estimate of drug-likeness (QED) is 0.570. The Balaban J connectivity index is 3.06. The van der Waals surface area contributed by atoms with E-state index in [0.717, 1.165) is 5.75 Å². The lowest BCUT2D eigenvalue weighted by Crippen LogP contribution is -2.12. The molecule has 1 rings (SSSR count). The maximum atomic E-state index is 5.16. The van der Waals surface area contributed by atoms with Crippen LogP contribution in [0.1, 0.15) is 0 Å². The predicted molar refractivity (Wildman–Crippen MR) is 55.5 cm³/mol. The zero-order valence-electron chi connectivity index (χ0n) is 8.09. The van der Waals surface area contributed by atoms with E-state index in [9.17, 15) is 0 Å². The van der Waals surface area contributed by atoms with Crippen LogP contribution in [0.2, 0.25) is 0 Å². The fourth-order valence-electron chi connectivity index (χ4n) is 1.10. The molecule has 1 aromatic rings. The maximum Gasteiger partial charge on any atom is 0.139 e. The van der Waals surface area contributed by atoms with Crippen LogP contribution in [0.3, 0.4) is 0 Å². The molecule has 64 valence electrons. The van der Waals surface area contributed by atoms with Crippen LogP contribution in [-0.4, -0.2) is 29.1 Å². The summed E-state index contributed by atoms with van der Waals surface area (Å²) in [5, 5.41) is 0. The van der Waals surface area contributed by atoms with Crippen molar-refractivity contribution in [2.75, 3.05) is 26.1 Å². The number of nitrogens with zero attached hydrogens (tertiary/aromatic N) is 1. The van der Waals surface area contributed by atoms with Crippen molar-refractivity contribution in [1.82, 2.24) is 0 Å². The SMILES string of the molecule is Bc1cc(OC)cc(N(C)C)c1. The number of rotatable bonds is 2. The van der Waals surface area contributed by atoms with Gasteiger partial charge in [0.2, 0.25) is 0 Å². The highest BCUT2D eigenvalue weighted by Gasteiger charge is 1.99. The second-order valence-electron chi connectivity index (χ2n) is 3.10. The molecule has 0 aromatic heterocycles. The smallest absolute Gasteiger partial charge is 0.139 e. The predicted octanol–water partition coefficient (Wildman–Crippen LogP) is 0.0196. The lowest BCUT2D eigenvalue weighted by atomic mass is 9.95. The van der Waals surface area contributed by atoms with Crippen molar-refractivity contribution in [3.8, 4) is 5.75 Å². The van der Waals surface area contributed by atoms with E-state index < -0.39 is 0 Å². The van der Waals surface area contributed by atoms with E-state index in [1.165, 1.54) is 11.2 Å². The van der Waals surface area contributed by atoms with Crippen LogP contribution in [0.5, 0.6) is 5.75 Å². The van der Waals surface area contributed by atoms with Gasteiger partial charge in [-0.15, -0.1) is 0 Å². The molecule has 0 fully saturated rings. The summed E-state index contributed by atoms with van der Waals surface area (Å²) in [6.07, 6.45) is 0. The molecular formula is C9H14BNO. The first-order valence-corrected chi connectivity index (χ1v) is 3.96. The van der Waals surface area contributed by atoms with Crippen LogP contribution >= 0.6 is 0 Å². The summed E-state index contributed by atoms with van der Waals surface area (Å²) in [7, 11) is 7.80. The third-order valence-corrected chi connectivity index (χ3v) is 1.79. The molecule has 0 saturated carbocycles. The number of hydrogen-bond donors (Lipinski definition) is 0. The Bertz CT molecular complexity index is 273. The molecule has 0 atom stereocenters. The highest BCUT2D eigenvalue weighted by Crippen LogP contribution is 2.16. The topological polar surface area (TPSA) is 12.5 Å². The van der Waals surface area contributed by atoms with Gasteiger partial charge in [0.25, 0.3) is 0 Å². The van der Waals surface area contributed by atoms with Gasteiger partial charge in [-0.25, -0.2) is 0 Å². The van der Waals surface area contributed by atoms with Gasteiger partial charge in [-0.2, -0.15) is 0 Å². The van der Waals surface area contributed by atoms with E-state index in [1.807, 2.05) is 26.2 Å². The van der Waals surface area contributed by atoms with Crippen molar-refractivity contribution in [3.63, 3.8) is 0 Å². The lowest BCUT2D eigenvalue weighted by molar-refractivity contribution is 0.415. The summed E-state index contributed by atoms with van der Waals surface area (Å²) < 4.78 is 5.16. The second kappa shape index (κ2) is 3.52. The van der Waals surface area contributed by atoms with Crippen molar-refractivity contribution in [2.45, 2.75) is 0 Å². The third-order valence-electron chi connectivity index (χ3n) is 1.79. The molecule has 0 radical (unpaired) electrons. The van der Waals surface area contributed by atoms with Crippen LogP contribution in [0, 0.1) is 0 Å². The molecule has 0 saturated heterocycles. The maximum absolute atomic E-state index is 5.16. The number of methoxy groups -OCH3 is 1. The van der Waals surface area contributed by atoms with E-state index in [-0.39, 0.29) is 0 Å². The average molecular weight is 163 g/mol. The lowest BCUT2D eigenvalue weighted by Gasteiger charge is -2.14. The highest BCUT2D eigenvalue weighted by molar-refractivity contribution is 6.32. The summed E-state index contributed by atoms with van der Waals surface area (Å²) in [5.74, 6) is 0.915. The Morgan fingerprint density at radius 2 is 1.92 bits per heavy atom. The molecule has 3 heteroatoms. The van der Waals surface area contributed by atoms with Crippen LogP contribution in [0.15, 0.2) is 18.2 Å². The van der Waals surface area contributed by atoms with Crippen molar-refractivity contribution in [2.24, 2.45) is 0 Å². The van der Waals surface area contributed by atoms with Gasteiger partial charge in [-0.1, -0.05) is 5.46 Å². The number of benzene rings is 1. The molecule has 1 aromatic carbocycles. The van der Waals surface area contributed by atoms with Gasteiger partial charge in [-0.3, -0.25) is 0 Å². The molecule has 0 spiro atoms. The first-order valence-electron chi connectivity index (χ1n) is 3.96. The van der Waals surface area contributed by atoms with E-state index in [0.29, 0.717) is 0 Å². The molecule has 0 N–H and O–H groups in total. The van der Waals surface area contributed by atoms with Gasteiger partial charge >= 0.3 is 0 Å². The zero-order valence-corrected chi connectivity index (χ0v) is 8.09. The van der Waals surface area contributed by atoms with Gasteiger partial charge in [0.1, 0.15) is 13.6 Å². The normalized spacial score (nSPS) is 9.58. The van der Waals surface area contributed by atoms with Crippen molar-refractivity contribution < 1.29 is 4.74 Å². The Labute approximate surface area is 74.6 Å². The van der Waals surface area contributed by atoms with Crippen molar-refractivity contribution in [1.29, 1.82) is 0 Å². The molecule has 0 unspecified atom stereocenters. The Hall–Kier alpha value is -1.12. The summed E-state index contributed by atoms with van der Waals surface area (Å²) in [5.41, 5.74) is 2.39.